The molecule has 1 aromatic carbocycles. The molecule has 130 valence electrons. The largest absolute Gasteiger partial charge is 0.341 e. The molecule has 8 nitrogen and oxygen atoms in total. The van der Waals surface area contributed by atoms with E-state index in [4.69, 9.17) is 0 Å². The highest BCUT2D eigenvalue weighted by atomic mass is 16.2. The second-order valence-electron chi connectivity index (χ2n) is 6.75. The van der Waals surface area contributed by atoms with Gasteiger partial charge in [0.2, 0.25) is 5.91 Å². The number of fused-ring (bicyclic) bond motifs is 1. The number of hydrogen-bond donors (Lipinski definition) is 1. The van der Waals surface area contributed by atoms with Gasteiger partial charge in [-0.05, 0) is 31.4 Å². The van der Waals surface area contributed by atoms with Crippen LogP contribution in [0.5, 0.6) is 0 Å². The summed E-state index contributed by atoms with van der Waals surface area (Å²) in [6.45, 7) is 2.31. The van der Waals surface area contributed by atoms with Gasteiger partial charge >= 0.3 is 0 Å². The number of carbonyl (C=O) groups is 2. The van der Waals surface area contributed by atoms with Crippen LogP contribution in [0.2, 0.25) is 0 Å². The lowest BCUT2D eigenvalue weighted by Crippen LogP contribution is -2.46. The smallest absolute Gasteiger partial charge is 0.253 e. The molecule has 1 aliphatic heterocycles. The molecule has 2 aromatic rings. The first kappa shape index (κ1) is 15.7. The summed E-state index contributed by atoms with van der Waals surface area (Å²) >= 11 is 0. The van der Waals surface area contributed by atoms with Crippen LogP contribution in [0.25, 0.3) is 0 Å². The van der Waals surface area contributed by atoms with Gasteiger partial charge in [-0.3, -0.25) is 9.59 Å². The zero-order valence-corrected chi connectivity index (χ0v) is 14.2. The van der Waals surface area contributed by atoms with E-state index in [0.717, 1.165) is 18.4 Å². The van der Waals surface area contributed by atoms with Gasteiger partial charge in [0.1, 0.15) is 0 Å². The molecule has 8 heteroatoms. The number of tetrazole rings is 1. The number of nitrogens with zero attached hydrogens (tertiary/aromatic N) is 5. The third-order valence-corrected chi connectivity index (χ3v) is 5.02. The minimum atomic E-state index is -0.367. The Balaban J connectivity index is 1.69. The molecule has 0 spiro atoms. The highest BCUT2D eigenvalue weighted by molar-refractivity contribution is 6.00. The zero-order valence-electron chi connectivity index (χ0n) is 14.2. The Morgan fingerprint density at radius 3 is 2.80 bits per heavy atom. The fourth-order valence-corrected chi connectivity index (χ4v) is 3.56. The number of carbonyl (C=O) groups excluding carboxylic acids is 2. The van der Waals surface area contributed by atoms with Crippen LogP contribution in [0, 0.1) is 0 Å². The van der Waals surface area contributed by atoms with E-state index < -0.39 is 0 Å². The lowest BCUT2D eigenvalue weighted by atomic mass is 9.88. The van der Waals surface area contributed by atoms with Crippen molar-refractivity contribution in [3.05, 3.63) is 41.2 Å². The molecule has 2 unspecified atom stereocenters. The third-order valence-electron chi connectivity index (χ3n) is 5.02. The van der Waals surface area contributed by atoms with Crippen molar-refractivity contribution in [3.8, 4) is 0 Å². The first-order chi connectivity index (χ1) is 12.1. The molecule has 4 rings (SSSR count). The van der Waals surface area contributed by atoms with E-state index in [-0.39, 0.29) is 29.8 Å². The number of nitrogens with one attached hydrogen (secondary N) is 1. The molecule has 25 heavy (non-hydrogen) atoms. The monoisotopic (exact) mass is 340 g/mol. The Morgan fingerprint density at radius 1 is 1.36 bits per heavy atom. The quantitative estimate of drug-likeness (QED) is 0.900. The van der Waals surface area contributed by atoms with Crippen molar-refractivity contribution >= 4 is 11.8 Å². The van der Waals surface area contributed by atoms with E-state index in [1.165, 1.54) is 0 Å². The molecule has 0 radical (unpaired) electrons. The maximum absolute atomic E-state index is 13.4. The van der Waals surface area contributed by atoms with Crippen molar-refractivity contribution in [1.82, 2.24) is 30.4 Å². The number of benzene rings is 1. The molecule has 1 N–H and O–H groups in total. The van der Waals surface area contributed by atoms with Crippen LogP contribution >= 0.6 is 0 Å². The maximum Gasteiger partial charge on any atom is 0.253 e. The van der Waals surface area contributed by atoms with Gasteiger partial charge in [-0.2, -0.15) is 5.21 Å². The molecule has 0 saturated heterocycles. The van der Waals surface area contributed by atoms with Crippen LogP contribution in [0.1, 0.15) is 53.5 Å². The number of likely N-dealkylation sites (N-methyl/N-ethyl adjacent to an activating group) is 1. The molecule has 2 amide bonds. The van der Waals surface area contributed by atoms with E-state index in [0.29, 0.717) is 17.9 Å². The Hall–Kier alpha value is -2.77. The van der Waals surface area contributed by atoms with E-state index in [1.54, 1.807) is 18.0 Å². The SMILES string of the molecule is CC(c1nn[nH]n1)N(C(=O)C1CN(C)C(=O)c2ccccc21)C1CC1. The Labute approximate surface area is 145 Å². The van der Waals surface area contributed by atoms with Crippen molar-refractivity contribution in [2.75, 3.05) is 13.6 Å². The number of aromatic nitrogens is 4. The summed E-state index contributed by atoms with van der Waals surface area (Å²) in [7, 11) is 1.74. The van der Waals surface area contributed by atoms with Gasteiger partial charge in [0.15, 0.2) is 5.82 Å². The van der Waals surface area contributed by atoms with Crippen LogP contribution in [-0.2, 0) is 4.79 Å². The average molecular weight is 340 g/mol. The van der Waals surface area contributed by atoms with Gasteiger partial charge in [0.25, 0.3) is 5.91 Å². The molecule has 0 bridgehead atoms. The van der Waals surface area contributed by atoms with E-state index in [1.807, 2.05) is 30.0 Å². The summed E-state index contributed by atoms with van der Waals surface area (Å²) in [6, 6.07) is 7.33. The molecule has 2 atom stereocenters. The number of rotatable bonds is 4. The second-order valence-corrected chi connectivity index (χ2v) is 6.75. The van der Waals surface area contributed by atoms with Crippen molar-refractivity contribution in [3.63, 3.8) is 0 Å². The average Bonchev–Trinajstić information content (AvgIpc) is 3.29. The number of hydrogen-bond acceptors (Lipinski definition) is 5. The Morgan fingerprint density at radius 2 is 2.12 bits per heavy atom. The van der Waals surface area contributed by atoms with Crippen molar-refractivity contribution < 1.29 is 9.59 Å². The molecule has 1 aromatic heterocycles. The predicted octanol–water partition coefficient (Wildman–Crippen LogP) is 1.12. The van der Waals surface area contributed by atoms with Crippen molar-refractivity contribution in [1.29, 1.82) is 0 Å². The van der Waals surface area contributed by atoms with Gasteiger partial charge in [0, 0.05) is 25.2 Å². The van der Waals surface area contributed by atoms with Crippen LogP contribution in [0.3, 0.4) is 0 Å². The lowest BCUT2D eigenvalue weighted by Gasteiger charge is -2.36. The van der Waals surface area contributed by atoms with E-state index in [2.05, 4.69) is 20.6 Å². The van der Waals surface area contributed by atoms with Gasteiger partial charge in [-0.15, -0.1) is 10.2 Å². The fraction of sp³-hybridized carbons (Fsp3) is 0.471. The predicted molar refractivity (Wildman–Crippen MR) is 88.6 cm³/mol. The van der Waals surface area contributed by atoms with Crippen LogP contribution < -0.4 is 0 Å². The highest BCUT2D eigenvalue weighted by Crippen LogP contribution is 2.38. The minimum Gasteiger partial charge on any atom is -0.341 e. The summed E-state index contributed by atoms with van der Waals surface area (Å²) in [5.41, 5.74) is 1.42. The summed E-state index contributed by atoms with van der Waals surface area (Å²) in [6.07, 6.45) is 1.97. The minimum absolute atomic E-state index is 0.0200. The number of aromatic amines is 1. The van der Waals surface area contributed by atoms with Gasteiger partial charge in [0.05, 0.1) is 12.0 Å². The summed E-state index contributed by atoms with van der Waals surface area (Å²) in [5.74, 6) is 0.123. The normalized spacial score (nSPS) is 21.0. The third kappa shape index (κ3) is 2.67. The van der Waals surface area contributed by atoms with Crippen LogP contribution in [0.4, 0.5) is 0 Å². The summed E-state index contributed by atoms with van der Waals surface area (Å²) in [5, 5.41) is 14.1. The molecule has 1 aliphatic carbocycles. The molecular weight excluding hydrogens is 320 g/mol. The number of amides is 2. The highest BCUT2D eigenvalue weighted by Gasteiger charge is 2.43. The zero-order chi connectivity index (χ0) is 17.6. The van der Waals surface area contributed by atoms with Crippen molar-refractivity contribution in [2.45, 2.75) is 37.8 Å². The lowest BCUT2D eigenvalue weighted by molar-refractivity contribution is -0.136. The second kappa shape index (κ2) is 5.94. The van der Waals surface area contributed by atoms with E-state index >= 15 is 0 Å². The molecule has 1 saturated carbocycles. The maximum atomic E-state index is 13.4. The first-order valence-corrected chi connectivity index (χ1v) is 8.48. The summed E-state index contributed by atoms with van der Waals surface area (Å²) in [4.78, 5) is 29.3. The summed E-state index contributed by atoms with van der Waals surface area (Å²) < 4.78 is 0. The Kier molecular flexibility index (Phi) is 3.74. The molecule has 2 heterocycles. The van der Waals surface area contributed by atoms with Crippen LogP contribution in [0.15, 0.2) is 24.3 Å². The Bertz CT molecular complexity index is 801. The topological polar surface area (TPSA) is 95.1 Å². The van der Waals surface area contributed by atoms with Crippen molar-refractivity contribution in [2.24, 2.45) is 0 Å². The van der Waals surface area contributed by atoms with Gasteiger partial charge in [-0.1, -0.05) is 23.4 Å². The van der Waals surface area contributed by atoms with Gasteiger partial charge in [-0.25, -0.2) is 0 Å². The van der Waals surface area contributed by atoms with Crippen LogP contribution in [-0.4, -0.2) is 61.9 Å². The van der Waals surface area contributed by atoms with Gasteiger partial charge < -0.3 is 9.80 Å². The first-order valence-electron chi connectivity index (χ1n) is 8.48. The molecular formula is C17H20N6O2. The number of H-pyrrole nitrogens is 1. The molecule has 1 fully saturated rings. The fourth-order valence-electron chi connectivity index (χ4n) is 3.56. The molecule has 2 aliphatic rings. The van der Waals surface area contributed by atoms with E-state index in [9.17, 15) is 9.59 Å². The standard InChI is InChI=1S/C17H20N6O2/c1-10(15-18-20-21-19-15)23(11-7-8-11)17(25)14-9-22(2)16(24)13-6-4-3-5-12(13)14/h3-6,10-11,14H,7-9H2,1-2H3,(H,18,19,20,21).